The second-order valence-corrected chi connectivity index (χ2v) is 10.1. The largest absolute Gasteiger partial charge is 0.444 e. The highest BCUT2D eigenvalue weighted by Gasteiger charge is 2.30. The number of piperidine rings is 2. The molecule has 182 valence electrons. The van der Waals surface area contributed by atoms with Crippen LogP contribution in [0.2, 0.25) is 0 Å². The van der Waals surface area contributed by atoms with Crippen LogP contribution in [0.4, 0.5) is 16.3 Å². The number of hydrogen-bond acceptors (Lipinski definition) is 6. The summed E-state index contributed by atoms with van der Waals surface area (Å²) in [5.41, 5.74) is 1.55. The van der Waals surface area contributed by atoms with Gasteiger partial charge in [-0.2, -0.15) is 5.10 Å². The first kappa shape index (κ1) is 24.1. The predicted molar refractivity (Wildman–Crippen MR) is 131 cm³/mol. The van der Waals surface area contributed by atoms with Crippen LogP contribution in [0.15, 0.2) is 42.6 Å². The Hall–Kier alpha value is -3.00. The Morgan fingerprint density at radius 1 is 1.03 bits per heavy atom. The maximum atomic E-state index is 13.5. The van der Waals surface area contributed by atoms with Gasteiger partial charge in [0.1, 0.15) is 5.60 Å². The van der Waals surface area contributed by atoms with Crippen LogP contribution in [0.3, 0.4) is 0 Å². The number of aromatic nitrogens is 2. The lowest BCUT2D eigenvalue weighted by Crippen LogP contribution is -2.41. The Labute approximate surface area is 201 Å². The van der Waals surface area contributed by atoms with E-state index in [9.17, 15) is 9.59 Å². The molecule has 34 heavy (non-hydrogen) atoms. The molecule has 0 unspecified atom stereocenters. The van der Waals surface area contributed by atoms with Crippen molar-refractivity contribution in [2.45, 2.75) is 58.0 Å². The molecular formula is C26H35N5O3. The van der Waals surface area contributed by atoms with Crippen LogP contribution in [0, 0.1) is 5.92 Å². The highest BCUT2D eigenvalue weighted by Crippen LogP contribution is 2.32. The molecule has 0 spiro atoms. The first-order chi connectivity index (χ1) is 16.3. The van der Waals surface area contributed by atoms with Gasteiger partial charge >= 0.3 is 6.09 Å². The number of likely N-dealkylation sites (tertiary alicyclic amines) is 1. The summed E-state index contributed by atoms with van der Waals surface area (Å²) in [5.74, 6) is 0.961. The molecule has 8 nitrogen and oxygen atoms in total. The Kier molecular flexibility index (Phi) is 7.46. The quantitative estimate of drug-likeness (QED) is 0.726. The van der Waals surface area contributed by atoms with Crippen LogP contribution in [0.1, 0.15) is 57.9 Å². The topological polar surface area (TPSA) is 87.7 Å². The molecule has 0 bridgehead atoms. The summed E-state index contributed by atoms with van der Waals surface area (Å²) in [7, 11) is 0. The molecule has 4 rings (SSSR count). The van der Waals surface area contributed by atoms with Crippen molar-refractivity contribution < 1.29 is 14.3 Å². The number of nitrogens with zero attached hydrogens (tertiary/aromatic N) is 4. The predicted octanol–water partition coefficient (Wildman–Crippen LogP) is 4.26. The van der Waals surface area contributed by atoms with Crippen molar-refractivity contribution in [1.82, 2.24) is 20.4 Å². The van der Waals surface area contributed by atoms with Crippen LogP contribution in [0.25, 0.3) is 0 Å². The van der Waals surface area contributed by atoms with Crippen molar-refractivity contribution in [1.29, 1.82) is 0 Å². The summed E-state index contributed by atoms with van der Waals surface area (Å²) in [6.07, 6.45) is 4.80. The van der Waals surface area contributed by atoms with E-state index in [1.54, 1.807) is 22.1 Å². The number of ether oxygens (including phenoxy) is 1. The smallest absolute Gasteiger partial charge is 0.410 e. The number of carbonyl (C=O) groups excluding carboxylic acids is 2. The molecule has 1 aromatic heterocycles. The van der Waals surface area contributed by atoms with Crippen LogP contribution in [-0.4, -0.2) is 58.9 Å². The molecule has 0 atom stereocenters. The van der Waals surface area contributed by atoms with Gasteiger partial charge in [0.2, 0.25) is 5.91 Å². The van der Waals surface area contributed by atoms with Crippen LogP contribution in [0.5, 0.6) is 0 Å². The molecule has 0 radical (unpaired) electrons. The molecule has 2 aliphatic rings. The third-order valence-electron chi connectivity index (χ3n) is 6.47. The van der Waals surface area contributed by atoms with Crippen LogP contribution < -0.4 is 10.2 Å². The Morgan fingerprint density at radius 3 is 2.29 bits per heavy atom. The van der Waals surface area contributed by atoms with Crippen molar-refractivity contribution >= 4 is 23.5 Å². The number of amides is 2. The third-order valence-corrected chi connectivity index (χ3v) is 6.47. The SMILES string of the molecule is CC(C)(C)OC(=O)N1CCC(c2ccc(N(C(=O)C3CCNCC3)c3cccnn3)cc2)CC1. The number of benzene rings is 1. The van der Waals surface area contributed by atoms with E-state index in [0.29, 0.717) is 24.8 Å². The zero-order valence-electron chi connectivity index (χ0n) is 20.4. The molecule has 2 aromatic rings. The van der Waals surface area contributed by atoms with Gasteiger partial charge in [0.05, 0.1) is 5.69 Å². The molecule has 3 heterocycles. The minimum atomic E-state index is -0.482. The van der Waals surface area contributed by atoms with E-state index in [1.165, 1.54) is 5.56 Å². The summed E-state index contributed by atoms with van der Waals surface area (Å²) in [6, 6.07) is 11.8. The van der Waals surface area contributed by atoms with E-state index in [1.807, 2.05) is 39.0 Å². The van der Waals surface area contributed by atoms with Crippen LogP contribution >= 0.6 is 0 Å². The monoisotopic (exact) mass is 465 g/mol. The normalized spacial score (nSPS) is 17.9. The van der Waals surface area contributed by atoms with Gasteiger partial charge in [0, 0.05) is 25.2 Å². The van der Waals surface area contributed by atoms with Crippen molar-refractivity contribution in [3.8, 4) is 0 Å². The van der Waals surface area contributed by atoms with E-state index in [-0.39, 0.29) is 17.9 Å². The van der Waals surface area contributed by atoms with E-state index in [0.717, 1.165) is 44.5 Å². The van der Waals surface area contributed by atoms with Crippen molar-refractivity contribution in [3.63, 3.8) is 0 Å². The Morgan fingerprint density at radius 2 is 1.71 bits per heavy atom. The van der Waals surface area contributed by atoms with E-state index >= 15 is 0 Å². The van der Waals surface area contributed by atoms with E-state index in [4.69, 9.17) is 4.74 Å². The van der Waals surface area contributed by atoms with Crippen LogP contribution in [-0.2, 0) is 9.53 Å². The number of hydrogen-bond donors (Lipinski definition) is 1. The lowest BCUT2D eigenvalue weighted by atomic mass is 9.89. The van der Waals surface area contributed by atoms with Gasteiger partial charge in [0.25, 0.3) is 0 Å². The maximum Gasteiger partial charge on any atom is 0.410 e. The summed E-state index contributed by atoms with van der Waals surface area (Å²) in [6.45, 7) is 8.73. The van der Waals surface area contributed by atoms with E-state index in [2.05, 4.69) is 27.6 Å². The molecule has 1 aromatic carbocycles. The highest BCUT2D eigenvalue weighted by molar-refractivity contribution is 6.01. The van der Waals surface area contributed by atoms with Gasteiger partial charge < -0.3 is 15.0 Å². The van der Waals surface area contributed by atoms with Crippen molar-refractivity contribution in [2.24, 2.45) is 5.92 Å². The van der Waals surface area contributed by atoms with Gasteiger partial charge in [-0.05, 0) is 95.3 Å². The minimum absolute atomic E-state index is 0.0277. The van der Waals surface area contributed by atoms with Gasteiger partial charge in [-0.3, -0.25) is 9.69 Å². The first-order valence-electron chi connectivity index (χ1n) is 12.2. The number of carbonyl (C=O) groups is 2. The van der Waals surface area contributed by atoms with Crippen molar-refractivity contribution in [3.05, 3.63) is 48.2 Å². The highest BCUT2D eigenvalue weighted by atomic mass is 16.6. The zero-order valence-corrected chi connectivity index (χ0v) is 20.4. The third kappa shape index (κ3) is 5.91. The molecule has 2 amide bonds. The fraction of sp³-hybridized carbons (Fsp3) is 0.538. The molecule has 0 aliphatic carbocycles. The van der Waals surface area contributed by atoms with Gasteiger partial charge in [-0.1, -0.05) is 12.1 Å². The fourth-order valence-electron chi connectivity index (χ4n) is 4.65. The minimum Gasteiger partial charge on any atom is -0.444 e. The molecule has 2 saturated heterocycles. The molecule has 1 N–H and O–H groups in total. The average molecular weight is 466 g/mol. The second kappa shape index (κ2) is 10.5. The van der Waals surface area contributed by atoms with E-state index < -0.39 is 5.60 Å². The maximum absolute atomic E-state index is 13.5. The number of rotatable bonds is 4. The van der Waals surface area contributed by atoms with Gasteiger partial charge in [-0.15, -0.1) is 5.10 Å². The molecule has 8 heteroatoms. The first-order valence-corrected chi connectivity index (χ1v) is 12.2. The molecule has 2 fully saturated rings. The van der Waals surface area contributed by atoms with Gasteiger partial charge in [-0.25, -0.2) is 4.79 Å². The number of nitrogens with one attached hydrogen (secondary N) is 1. The second-order valence-electron chi connectivity index (χ2n) is 10.1. The summed E-state index contributed by atoms with van der Waals surface area (Å²) >= 11 is 0. The lowest BCUT2D eigenvalue weighted by Gasteiger charge is -2.34. The molecule has 2 aliphatic heterocycles. The Balaban J connectivity index is 1.46. The summed E-state index contributed by atoms with van der Waals surface area (Å²) in [5, 5.41) is 11.5. The lowest BCUT2D eigenvalue weighted by molar-refractivity contribution is -0.122. The Bertz CT molecular complexity index is 960. The standard InChI is InChI=1S/C26H35N5O3/c1-26(2,3)34-25(33)30-17-12-20(13-18-30)19-6-8-22(9-7-19)31(23-5-4-14-28-29-23)24(32)21-10-15-27-16-11-21/h4-9,14,20-21,27H,10-13,15-18H2,1-3H3. The summed E-state index contributed by atoms with van der Waals surface area (Å²) < 4.78 is 5.51. The molecular weight excluding hydrogens is 430 g/mol. The fourth-order valence-corrected chi connectivity index (χ4v) is 4.65. The average Bonchev–Trinajstić information content (AvgIpc) is 2.85. The van der Waals surface area contributed by atoms with Gasteiger partial charge in [0.15, 0.2) is 5.82 Å². The van der Waals surface area contributed by atoms with Crippen molar-refractivity contribution in [2.75, 3.05) is 31.1 Å². The summed E-state index contributed by atoms with van der Waals surface area (Å²) in [4.78, 5) is 29.3. The number of anilines is 2. The molecule has 0 saturated carbocycles. The zero-order chi connectivity index (χ0) is 24.1.